The third kappa shape index (κ3) is 3.66. The molecule has 1 aromatic heterocycles. The zero-order valence-corrected chi connectivity index (χ0v) is 13.4. The van der Waals surface area contributed by atoms with Crippen molar-refractivity contribution in [3.05, 3.63) is 51.7 Å². The van der Waals surface area contributed by atoms with Gasteiger partial charge in [0.05, 0.1) is 6.61 Å². The Bertz CT molecular complexity index is 565. The van der Waals surface area contributed by atoms with Crippen LogP contribution in [0.25, 0.3) is 0 Å². The van der Waals surface area contributed by atoms with E-state index >= 15 is 0 Å². The molecule has 3 heteroatoms. The first-order valence-corrected chi connectivity index (χ1v) is 8.76. The summed E-state index contributed by atoms with van der Waals surface area (Å²) in [6.07, 6.45) is 4.71. The lowest BCUT2D eigenvalue weighted by Gasteiger charge is -2.26. The second-order valence-electron chi connectivity index (χ2n) is 5.54. The van der Waals surface area contributed by atoms with Crippen LogP contribution < -0.4 is 10.1 Å². The monoisotopic (exact) mass is 301 g/mol. The minimum absolute atomic E-state index is 0.500. The van der Waals surface area contributed by atoms with Gasteiger partial charge in [0, 0.05) is 17.3 Å². The molecule has 0 aliphatic heterocycles. The van der Waals surface area contributed by atoms with Gasteiger partial charge in [0.15, 0.2) is 0 Å². The molecule has 1 atom stereocenters. The summed E-state index contributed by atoms with van der Waals surface area (Å²) in [4.78, 5) is 1.39. The van der Waals surface area contributed by atoms with Crippen LogP contribution in [-0.2, 0) is 12.8 Å². The molecule has 0 saturated carbocycles. The summed E-state index contributed by atoms with van der Waals surface area (Å²) in [6.45, 7) is 3.95. The molecule has 112 valence electrons. The Morgan fingerprint density at radius 1 is 1.33 bits per heavy atom. The van der Waals surface area contributed by atoms with E-state index in [2.05, 4.69) is 48.0 Å². The molecule has 1 N–H and O–H groups in total. The van der Waals surface area contributed by atoms with Gasteiger partial charge in [-0.15, -0.1) is 11.3 Å². The van der Waals surface area contributed by atoms with Gasteiger partial charge in [-0.05, 0) is 60.5 Å². The molecular weight excluding hydrogens is 278 g/mol. The summed E-state index contributed by atoms with van der Waals surface area (Å²) in [5.74, 6) is 1.01. The van der Waals surface area contributed by atoms with Crippen LogP contribution >= 0.6 is 11.3 Å². The van der Waals surface area contributed by atoms with E-state index in [0.717, 1.165) is 25.3 Å². The maximum Gasteiger partial charge on any atom is 0.119 e. The van der Waals surface area contributed by atoms with Gasteiger partial charge in [0.2, 0.25) is 0 Å². The van der Waals surface area contributed by atoms with Crippen molar-refractivity contribution < 1.29 is 4.74 Å². The molecule has 2 aromatic rings. The average Bonchev–Trinajstić information content (AvgIpc) is 3.01. The molecule has 2 nitrogen and oxygen atoms in total. The topological polar surface area (TPSA) is 21.3 Å². The van der Waals surface area contributed by atoms with E-state index in [0.29, 0.717) is 6.04 Å². The van der Waals surface area contributed by atoms with Crippen LogP contribution in [0.5, 0.6) is 5.75 Å². The standard InChI is InChI=1S/C18H23NOS/c1-2-19-18-7-3-5-14-8-9-15(13-17(14)18)20-11-10-16-6-4-12-21-16/h4,6,8-9,12-13,18-19H,2-3,5,7,10-11H2,1H3. The smallest absolute Gasteiger partial charge is 0.119 e. The molecule has 1 unspecified atom stereocenters. The molecule has 1 aromatic carbocycles. The number of rotatable bonds is 6. The largest absolute Gasteiger partial charge is 0.493 e. The van der Waals surface area contributed by atoms with E-state index in [9.17, 15) is 0 Å². The average molecular weight is 301 g/mol. The van der Waals surface area contributed by atoms with Crippen molar-refractivity contribution in [3.8, 4) is 5.75 Å². The minimum atomic E-state index is 0.500. The second-order valence-corrected chi connectivity index (χ2v) is 6.57. The van der Waals surface area contributed by atoms with Crippen molar-refractivity contribution in [3.63, 3.8) is 0 Å². The maximum atomic E-state index is 5.95. The highest BCUT2D eigenvalue weighted by molar-refractivity contribution is 7.09. The highest BCUT2D eigenvalue weighted by Crippen LogP contribution is 2.32. The zero-order chi connectivity index (χ0) is 14.5. The highest BCUT2D eigenvalue weighted by Gasteiger charge is 2.19. The fourth-order valence-corrected chi connectivity index (χ4v) is 3.74. The van der Waals surface area contributed by atoms with E-state index in [1.54, 1.807) is 11.3 Å². The van der Waals surface area contributed by atoms with Gasteiger partial charge in [0.25, 0.3) is 0 Å². The van der Waals surface area contributed by atoms with Gasteiger partial charge in [-0.2, -0.15) is 0 Å². The van der Waals surface area contributed by atoms with Crippen LogP contribution in [0, 0.1) is 0 Å². The van der Waals surface area contributed by atoms with Crippen molar-refractivity contribution in [2.75, 3.05) is 13.2 Å². The fraction of sp³-hybridized carbons (Fsp3) is 0.444. The molecule has 0 spiro atoms. The van der Waals surface area contributed by atoms with E-state index in [-0.39, 0.29) is 0 Å². The first kappa shape index (κ1) is 14.6. The molecule has 1 heterocycles. The van der Waals surface area contributed by atoms with Crippen LogP contribution in [0.3, 0.4) is 0 Å². The van der Waals surface area contributed by atoms with Gasteiger partial charge < -0.3 is 10.1 Å². The molecule has 3 rings (SSSR count). The third-order valence-electron chi connectivity index (χ3n) is 4.08. The first-order valence-electron chi connectivity index (χ1n) is 7.88. The van der Waals surface area contributed by atoms with Gasteiger partial charge >= 0.3 is 0 Å². The van der Waals surface area contributed by atoms with Gasteiger partial charge in [-0.3, -0.25) is 0 Å². The zero-order valence-electron chi connectivity index (χ0n) is 12.6. The number of hydrogen-bond donors (Lipinski definition) is 1. The first-order chi connectivity index (χ1) is 10.4. The van der Waals surface area contributed by atoms with Crippen LogP contribution in [0.4, 0.5) is 0 Å². The summed E-state index contributed by atoms with van der Waals surface area (Å²) in [6, 6.07) is 11.4. The summed E-state index contributed by atoms with van der Waals surface area (Å²) >= 11 is 1.80. The quantitative estimate of drug-likeness (QED) is 0.856. The van der Waals surface area contributed by atoms with Crippen molar-refractivity contribution in [2.45, 2.75) is 38.6 Å². The van der Waals surface area contributed by atoms with Gasteiger partial charge in [-0.1, -0.05) is 19.1 Å². The van der Waals surface area contributed by atoms with Crippen LogP contribution in [0.2, 0.25) is 0 Å². The van der Waals surface area contributed by atoms with Crippen LogP contribution in [0.1, 0.15) is 41.8 Å². The van der Waals surface area contributed by atoms with Crippen LogP contribution in [-0.4, -0.2) is 13.2 Å². The van der Waals surface area contributed by atoms with Crippen molar-refractivity contribution >= 4 is 11.3 Å². The number of thiophene rings is 1. The second kappa shape index (κ2) is 7.10. The lowest BCUT2D eigenvalue weighted by Crippen LogP contribution is -2.24. The van der Waals surface area contributed by atoms with Crippen molar-refractivity contribution in [1.82, 2.24) is 5.32 Å². The number of fused-ring (bicyclic) bond motifs is 1. The summed E-state index contributed by atoms with van der Waals surface area (Å²) in [5.41, 5.74) is 2.93. The normalized spacial score (nSPS) is 17.5. The van der Waals surface area contributed by atoms with Crippen molar-refractivity contribution in [1.29, 1.82) is 0 Å². The Labute approximate surface area is 131 Å². The molecular formula is C18H23NOS. The van der Waals surface area contributed by atoms with Gasteiger partial charge in [-0.25, -0.2) is 0 Å². The Morgan fingerprint density at radius 2 is 2.29 bits per heavy atom. The summed E-state index contributed by atoms with van der Waals surface area (Å²) in [5, 5.41) is 5.71. The minimum Gasteiger partial charge on any atom is -0.493 e. The van der Waals surface area contributed by atoms with Gasteiger partial charge in [0.1, 0.15) is 5.75 Å². The van der Waals surface area contributed by atoms with Crippen LogP contribution in [0.15, 0.2) is 35.7 Å². The Hall–Kier alpha value is -1.32. The SMILES string of the molecule is CCNC1CCCc2ccc(OCCc3cccs3)cc21. The molecule has 1 aliphatic carbocycles. The van der Waals surface area contributed by atoms with E-state index in [4.69, 9.17) is 4.74 Å². The molecule has 1 aliphatic rings. The number of nitrogens with one attached hydrogen (secondary N) is 1. The lowest BCUT2D eigenvalue weighted by molar-refractivity contribution is 0.321. The Kier molecular flexibility index (Phi) is 4.94. The summed E-state index contributed by atoms with van der Waals surface area (Å²) in [7, 11) is 0. The molecule has 0 fully saturated rings. The number of hydrogen-bond acceptors (Lipinski definition) is 3. The predicted molar refractivity (Wildman–Crippen MR) is 89.3 cm³/mol. The number of ether oxygens (including phenoxy) is 1. The third-order valence-corrected chi connectivity index (χ3v) is 5.02. The molecule has 0 saturated heterocycles. The maximum absolute atomic E-state index is 5.95. The summed E-state index contributed by atoms with van der Waals surface area (Å²) < 4.78 is 5.95. The van der Waals surface area contributed by atoms with E-state index in [1.807, 2.05) is 0 Å². The molecule has 21 heavy (non-hydrogen) atoms. The molecule has 0 amide bonds. The van der Waals surface area contributed by atoms with E-state index < -0.39 is 0 Å². The van der Waals surface area contributed by atoms with E-state index in [1.165, 1.54) is 35.3 Å². The van der Waals surface area contributed by atoms with Crippen molar-refractivity contribution in [2.24, 2.45) is 0 Å². The predicted octanol–water partition coefficient (Wildman–Crippen LogP) is 4.36. The number of aryl methyl sites for hydroxylation is 1. The molecule has 0 radical (unpaired) electrons. The molecule has 0 bridgehead atoms. The lowest BCUT2D eigenvalue weighted by atomic mass is 9.87. The highest BCUT2D eigenvalue weighted by atomic mass is 32.1. The fourth-order valence-electron chi connectivity index (χ4n) is 3.05. The Morgan fingerprint density at radius 3 is 3.10 bits per heavy atom. The Balaban J connectivity index is 1.65. The number of benzene rings is 1.